The molecule has 2 amide bonds. The van der Waals surface area contributed by atoms with Gasteiger partial charge in [0.15, 0.2) is 0 Å². The van der Waals surface area contributed by atoms with Crippen LogP contribution in [0.4, 0.5) is 11.4 Å². The fraction of sp³-hybridized carbons (Fsp3) is 0.300. The van der Waals surface area contributed by atoms with Crippen molar-refractivity contribution in [2.45, 2.75) is 13.3 Å². The predicted octanol–water partition coefficient (Wildman–Crippen LogP) is 3.65. The zero-order valence-corrected chi connectivity index (χ0v) is 15.5. The number of amides is 2. The molecular formula is C20H22ClN3O2. The Labute approximate surface area is 158 Å². The molecule has 3 rings (SSSR count). The van der Waals surface area contributed by atoms with Crippen molar-refractivity contribution in [1.82, 2.24) is 4.90 Å². The topological polar surface area (TPSA) is 52.7 Å². The molecule has 1 saturated heterocycles. The van der Waals surface area contributed by atoms with Gasteiger partial charge >= 0.3 is 0 Å². The molecule has 136 valence electrons. The second-order valence-corrected chi connectivity index (χ2v) is 6.67. The van der Waals surface area contributed by atoms with Crippen LogP contribution in [0.15, 0.2) is 48.5 Å². The maximum Gasteiger partial charge on any atom is 0.253 e. The molecule has 0 spiro atoms. The van der Waals surface area contributed by atoms with E-state index in [9.17, 15) is 9.59 Å². The van der Waals surface area contributed by atoms with Gasteiger partial charge in [0.1, 0.15) is 0 Å². The Morgan fingerprint density at radius 2 is 1.73 bits per heavy atom. The summed E-state index contributed by atoms with van der Waals surface area (Å²) in [5.41, 5.74) is 2.43. The summed E-state index contributed by atoms with van der Waals surface area (Å²) < 4.78 is 0. The van der Waals surface area contributed by atoms with Gasteiger partial charge < -0.3 is 15.1 Å². The van der Waals surface area contributed by atoms with Gasteiger partial charge in [-0.15, -0.1) is 0 Å². The quantitative estimate of drug-likeness (QED) is 0.892. The van der Waals surface area contributed by atoms with Gasteiger partial charge in [-0.05, 0) is 42.5 Å². The molecule has 1 N–H and O–H groups in total. The van der Waals surface area contributed by atoms with E-state index in [4.69, 9.17) is 11.6 Å². The molecule has 0 atom stereocenters. The summed E-state index contributed by atoms with van der Waals surface area (Å²) in [6, 6.07) is 14.8. The van der Waals surface area contributed by atoms with E-state index in [1.165, 1.54) is 0 Å². The smallest absolute Gasteiger partial charge is 0.253 e. The molecule has 0 saturated carbocycles. The minimum atomic E-state index is -0.0405. The predicted molar refractivity (Wildman–Crippen MR) is 105 cm³/mol. The second-order valence-electron chi connectivity index (χ2n) is 6.24. The molecular weight excluding hydrogens is 350 g/mol. The third-order valence-corrected chi connectivity index (χ3v) is 4.71. The first-order chi connectivity index (χ1) is 12.6. The van der Waals surface area contributed by atoms with Crippen molar-refractivity contribution in [2.24, 2.45) is 0 Å². The number of piperazine rings is 1. The molecule has 0 bridgehead atoms. The van der Waals surface area contributed by atoms with Crippen LogP contribution in [0, 0.1) is 0 Å². The zero-order chi connectivity index (χ0) is 18.5. The lowest BCUT2D eigenvalue weighted by molar-refractivity contribution is -0.115. The summed E-state index contributed by atoms with van der Waals surface area (Å²) in [5, 5.41) is 3.50. The Kier molecular flexibility index (Phi) is 5.78. The van der Waals surface area contributed by atoms with Gasteiger partial charge in [0.25, 0.3) is 5.91 Å². The van der Waals surface area contributed by atoms with E-state index in [1.54, 1.807) is 31.2 Å². The van der Waals surface area contributed by atoms with Crippen molar-refractivity contribution < 1.29 is 9.59 Å². The molecule has 5 nitrogen and oxygen atoms in total. The SMILES string of the molecule is CCC(=O)Nc1ccc(C(=O)N2CCN(c3cccc(Cl)c3)CC2)cc1. The minimum absolute atomic E-state index is 0.0177. The summed E-state index contributed by atoms with van der Waals surface area (Å²) >= 11 is 6.06. The maximum absolute atomic E-state index is 12.7. The van der Waals surface area contributed by atoms with Crippen LogP contribution in [0.25, 0.3) is 0 Å². The van der Waals surface area contributed by atoms with Crippen molar-refractivity contribution in [2.75, 3.05) is 36.4 Å². The number of carbonyl (C=O) groups is 2. The first-order valence-corrected chi connectivity index (χ1v) is 9.14. The van der Waals surface area contributed by atoms with E-state index < -0.39 is 0 Å². The molecule has 1 fully saturated rings. The molecule has 0 unspecified atom stereocenters. The van der Waals surface area contributed by atoms with Crippen LogP contribution in [0.2, 0.25) is 5.02 Å². The highest BCUT2D eigenvalue weighted by Crippen LogP contribution is 2.21. The summed E-state index contributed by atoms with van der Waals surface area (Å²) in [6.45, 7) is 4.68. The van der Waals surface area contributed by atoms with Gasteiger partial charge in [0.05, 0.1) is 0 Å². The lowest BCUT2D eigenvalue weighted by atomic mass is 10.1. The average molecular weight is 372 g/mol. The number of benzene rings is 2. The van der Waals surface area contributed by atoms with E-state index in [-0.39, 0.29) is 11.8 Å². The Morgan fingerprint density at radius 3 is 2.35 bits per heavy atom. The lowest BCUT2D eigenvalue weighted by Crippen LogP contribution is -2.48. The van der Waals surface area contributed by atoms with Crippen LogP contribution < -0.4 is 10.2 Å². The number of halogens is 1. The fourth-order valence-electron chi connectivity index (χ4n) is 2.97. The highest BCUT2D eigenvalue weighted by Gasteiger charge is 2.22. The van der Waals surface area contributed by atoms with Gasteiger partial charge in [-0.3, -0.25) is 9.59 Å². The van der Waals surface area contributed by atoms with E-state index in [0.29, 0.717) is 30.8 Å². The number of hydrogen-bond acceptors (Lipinski definition) is 3. The van der Waals surface area contributed by atoms with E-state index in [0.717, 1.165) is 23.8 Å². The van der Waals surface area contributed by atoms with Gasteiger partial charge in [-0.1, -0.05) is 24.6 Å². The van der Waals surface area contributed by atoms with Crippen molar-refractivity contribution >= 4 is 34.8 Å². The normalized spacial score (nSPS) is 14.2. The Balaban J connectivity index is 1.59. The molecule has 6 heteroatoms. The van der Waals surface area contributed by atoms with Crippen LogP contribution in [0.3, 0.4) is 0 Å². The number of hydrogen-bond donors (Lipinski definition) is 1. The van der Waals surface area contributed by atoms with Crippen LogP contribution in [-0.2, 0) is 4.79 Å². The second kappa shape index (κ2) is 8.23. The Morgan fingerprint density at radius 1 is 1.04 bits per heavy atom. The maximum atomic E-state index is 12.7. The molecule has 1 aliphatic rings. The van der Waals surface area contributed by atoms with Gasteiger partial charge in [0.2, 0.25) is 5.91 Å². The highest BCUT2D eigenvalue weighted by atomic mass is 35.5. The Hall–Kier alpha value is -2.53. The average Bonchev–Trinajstić information content (AvgIpc) is 2.68. The number of nitrogens with one attached hydrogen (secondary N) is 1. The number of nitrogens with zero attached hydrogens (tertiary/aromatic N) is 2. The van der Waals surface area contributed by atoms with Crippen molar-refractivity contribution in [3.05, 3.63) is 59.1 Å². The van der Waals surface area contributed by atoms with Gasteiger partial charge in [0, 0.05) is 54.6 Å². The minimum Gasteiger partial charge on any atom is -0.368 e. The molecule has 2 aromatic rings. The fourth-order valence-corrected chi connectivity index (χ4v) is 3.15. The van der Waals surface area contributed by atoms with Crippen LogP contribution >= 0.6 is 11.6 Å². The third kappa shape index (κ3) is 4.35. The van der Waals surface area contributed by atoms with E-state index in [2.05, 4.69) is 10.2 Å². The lowest BCUT2D eigenvalue weighted by Gasteiger charge is -2.36. The zero-order valence-electron chi connectivity index (χ0n) is 14.7. The first-order valence-electron chi connectivity index (χ1n) is 8.76. The van der Waals surface area contributed by atoms with E-state index in [1.807, 2.05) is 29.2 Å². The molecule has 0 aliphatic carbocycles. The van der Waals surface area contributed by atoms with E-state index >= 15 is 0 Å². The highest BCUT2D eigenvalue weighted by molar-refractivity contribution is 6.30. The van der Waals surface area contributed by atoms with Crippen LogP contribution in [0.1, 0.15) is 23.7 Å². The Bertz CT molecular complexity index is 784. The summed E-state index contributed by atoms with van der Waals surface area (Å²) in [4.78, 5) is 28.2. The number of rotatable bonds is 4. The standard InChI is InChI=1S/C20H22ClN3O2/c1-2-19(25)22-17-8-6-15(7-9-17)20(26)24-12-10-23(11-13-24)18-5-3-4-16(21)14-18/h3-9,14H,2,10-13H2,1H3,(H,22,25). The monoisotopic (exact) mass is 371 g/mol. The van der Waals surface area contributed by atoms with Gasteiger partial charge in [-0.25, -0.2) is 0 Å². The van der Waals surface area contributed by atoms with Crippen molar-refractivity contribution in [3.8, 4) is 0 Å². The number of carbonyl (C=O) groups excluding carboxylic acids is 2. The molecule has 1 aliphatic heterocycles. The first kappa shape index (κ1) is 18.3. The van der Waals surface area contributed by atoms with Crippen LogP contribution in [-0.4, -0.2) is 42.9 Å². The molecule has 1 heterocycles. The van der Waals surface area contributed by atoms with Crippen LogP contribution in [0.5, 0.6) is 0 Å². The number of anilines is 2. The molecule has 2 aromatic carbocycles. The van der Waals surface area contributed by atoms with Gasteiger partial charge in [-0.2, -0.15) is 0 Å². The molecule has 26 heavy (non-hydrogen) atoms. The molecule has 0 radical (unpaired) electrons. The summed E-state index contributed by atoms with van der Waals surface area (Å²) in [5.74, 6) is -0.0228. The van der Waals surface area contributed by atoms with Crippen molar-refractivity contribution in [3.63, 3.8) is 0 Å². The molecule has 0 aromatic heterocycles. The summed E-state index contributed by atoms with van der Waals surface area (Å²) in [6.07, 6.45) is 0.428. The largest absolute Gasteiger partial charge is 0.368 e. The third-order valence-electron chi connectivity index (χ3n) is 4.48. The summed E-state index contributed by atoms with van der Waals surface area (Å²) in [7, 11) is 0. The van der Waals surface area contributed by atoms with Crippen molar-refractivity contribution in [1.29, 1.82) is 0 Å².